The molecular formula is C31H39Cl2N7O. The molecule has 0 radical (unpaired) electrons. The van der Waals surface area contributed by atoms with Crippen LogP contribution in [-0.2, 0) is 17.9 Å². The largest absolute Gasteiger partial charge is 0.361 e. The van der Waals surface area contributed by atoms with E-state index in [0.717, 1.165) is 17.0 Å². The molecule has 0 aliphatic carbocycles. The fourth-order valence-corrected chi connectivity index (χ4v) is 3.33. The van der Waals surface area contributed by atoms with Gasteiger partial charge in [-0.1, -0.05) is 82.1 Å². The van der Waals surface area contributed by atoms with Crippen LogP contribution in [-0.4, -0.2) is 32.0 Å². The fourth-order valence-electron chi connectivity index (χ4n) is 3.00. The number of benzene rings is 2. The van der Waals surface area contributed by atoms with Crippen molar-refractivity contribution in [1.82, 2.24) is 24.8 Å². The van der Waals surface area contributed by atoms with Gasteiger partial charge in [0.05, 0.1) is 6.54 Å². The summed E-state index contributed by atoms with van der Waals surface area (Å²) in [6.45, 7) is 11.5. The quantitative estimate of drug-likeness (QED) is 0.176. The molecule has 0 bridgehead atoms. The Bertz CT molecular complexity index is 1310. The Labute approximate surface area is 253 Å². The number of carbonyl (C=O) groups is 1. The molecule has 41 heavy (non-hydrogen) atoms. The number of hydrogen-bond acceptors (Lipinski definition) is 6. The van der Waals surface area contributed by atoms with Crippen LogP contribution in [0.5, 0.6) is 0 Å². The van der Waals surface area contributed by atoms with Crippen molar-refractivity contribution in [2.45, 2.75) is 47.7 Å². The van der Waals surface area contributed by atoms with Gasteiger partial charge in [0.25, 0.3) is 0 Å². The Morgan fingerprint density at radius 1 is 0.902 bits per heavy atom. The summed E-state index contributed by atoms with van der Waals surface area (Å²) in [7, 11) is 0. The molecule has 0 atom stereocenters. The first-order valence-electron chi connectivity index (χ1n) is 13.2. The molecule has 4 aromatic rings. The van der Waals surface area contributed by atoms with E-state index in [1.54, 1.807) is 41.5 Å². The number of anilines is 2. The fraction of sp³-hybridized carbons (Fsp3) is 0.290. The maximum Gasteiger partial charge on any atom is 0.239 e. The lowest BCUT2D eigenvalue weighted by Crippen LogP contribution is -2.29. The molecule has 4 rings (SSSR count). The number of rotatable bonds is 9. The molecular weight excluding hydrogens is 557 g/mol. The monoisotopic (exact) mass is 595 g/mol. The van der Waals surface area contributed by atoms with Crippen LogP contribution in [0.1, 0.15) is 45.7 Å². The maximum atomic E-state index is 12.3. The summed E-state index contributed by atoms with van der Waals surface area (Å²) >= 11 is 12.0. The summed E-state index contributed by atoms with van der Waals surface area (Å²) in [4.78, 5) is 25.4. The lowest BCUT2D eigenvalue weighted by molar-refractivity contribution is -0.119. The van der Waals surface area contributed by atoms with Gasteiger partial charge in [-0.15, -0.1) is 12.8 Å². The lowest BCUT2D eigenvalue weighted by Gasteiger charge is -2.12. The second-order valence-corrected chi connectivity index (χ2v) is 9.75. The number of hydrogen-bond donors (Lipinski definition) is 3. The molecule has 8 nitrogen and oxygen atoms in total. The van der Waals surface area contributed by atoms with Crippen LogP contribution in [0.4, 0.5) is 11.8 Å². The lowest BCUT2D eigenvalue weighted by atomic mass is 10.2. The molecule has 0 aliphatic rings. The van der Waals surface area contributed by atoms with Crippen molar-refractivity contribution in [2.75, 3.05) is 17.2 Å². The molecule has 0 unspecified atom stereocenters. The van der Waals surface area contributed by atoms with Crippen LogP contribution in [0, 0.1) is 18.8 Å². The summed E-state index contributed by atoms with van der Waals surface area (Å²) in [5, 5.41) is 10.4. The molecule has 0 saturated carbocycles. The van der Waals surface area contributed by atoms with Crippen molar-refractivity contribution in [1.29, 1.82) is 0 Å². The minimum atomic E-state index is -0.166. The smallest absolute Gasteiger partial charge is 0.239 e. The van der Waals surface area contributed by atoms with Crippen molar-refractivity contribution in [2.24, 2.45) is 5.92 Å². The summed E-state index contributed by atoms with van der Waals surface area (Å²) in [5.74, 6) is 2.19. The van der Waals surface area contributed by atoms with Gasteiger partial charge in [0.15, 0.2) is 0 Å². The van der Waals surface area contributed by atoms with Gasteiger partial charge in [0.2, 0.25) is 11.9 Å². The average molecular weight is 597 g/mol. The highest BCUT2D eigenvalue weighted by molar-refractivity contribution is 6.30. The van der Waals surface area contributed by atoms with Crippen molar-refractivity contribution in [3.05, 3.63) is 94.5 Å². The molecule has 2 aromatic heterocycles. The van der Waals surface area contributed by atoms with Crippen LogP contribution >= 0.6 is 23.2 Å². The van der Waals surface area contributed by atoms with Crippen molar-refractivity contribution in [3.63, 3.8) is 0 Å². The van der Waals surface area contributed by atoms with Gasteiger partial charge in [-0.25, -0.2) is 4.98 Å². The molecule has 0 saturated heterocycles. The Hall–Kier alpha value is -4.06. The first kappa shape index (κ1) is 35.0. The van der Waals surface area contributed by atoms with Gasteiger partial charge in [-0.2, -0.15) is 9.97 Å². The predicted molar refractivity (Wildman–Crippen MR) is 171 cm³/mol. The summed E-state index contributed by atoms with van der Waals surface area (Å²) < 4.78 is 1.76. The van der Waals surface area contributed by atoms with E-state index >= 15 is 0 Å². The Morgan fingerprint density at radius 2 is 1.59 bits per heavy atom. The molecule has 218 valence electrons. The normalized spacial score (nSPS) is 9.61. The van der Waals surface area contributed by atoms with E-state index in [4.69, 9.17) is 23.2 Å². The SMILES string of the molecule is C#C.CC.CC(C)C.O=C(CNc1cc(-n2ccnc2)nc(NCc2cccc(Cl)c2)n1)NCc1ccc(Cl)cc1. The first-order valence-corrected chi connectivity index (χ1v) is 14.0. The van der Waals surface area contributed by atoms with Crippen LogP contribution in [0.15, 0.2) is 73.3 Å². The number of aromatic nitrogens is 4. The average Bonchev–Trinajstić information content (AvgIpc) is 3.52. The number of terminal acetylenes is 1. The van der Waals surface area contributed by atoms with Gasteiger partial charge in [-0.05, 0) is 41.3 Å². The number of nitrogens with zero attached hydrogens (tertiary/aromatic N) is 4. The molecule has 0 fully saturated rings. The third-order valence-electron chi connectivity index (χ3n) is 4.65. The van der Waals surface area contributed by atoms with Gasteiger partial charge >= 0.3 is 0 Å². The minimum absolute atomic E-state index is 0.0572. The number of carbonyl (C=O) groups excluding carboxylic acids is 1. The molecule has 2 aromatic carbocycles. The zero-order valence-electron chi connectivity index (χ0n) is 24.2. The number of amides is 1. The minimum Gasteiger partial charge on any atom is -0.361 e. The molecule has 1 amide bonds. The van der Waals surface area contributed by atoms with E-state index in [9.17, 15) is 4.79 Å². The zero-order chi connectivity index (χ0) is 30.6. The Kier molecular flexibility index (Phi) is 17.0. The predicted octanol–water partition coefficient (Wildman–Crippen LogP) is 7.25. The molecule has 10 heteroatoms. The van der Waals surface area contributed by atoms with Crippen molar-refractivity contribution < 1.29 is 4.79 Å². The summed E-state index contributed by atoms with van der Waals surface area (Å²) in [6.07, 6.45) is 13.1. The zero-order valence-corrected chi connectivity index (χ0v) is 25.7. The van der Waals surface area contributed by atoms with E-state index in [1.807, 2.05) is 50.2 Å². The van der Waals surface area contributed by atoms with E-state index in [-0.39, 0.29) is 12.5 Å². The standard InChI is InChI=1S/C23H21Cl2N7O.C4H10.C2H6.C2H2/c24-18-6-4-16(5-7-18)12-28-22(33)14-27-20-11-21(32-9-8-26-15-32)31-23(30-20)29-13-17-2-1-3-19(25)10-17;1-4(2)3;2*1-2/h1-11,15H,12-14H2,(H,28,33)(H2,27,29,30,31);4H,1-3H3;1-2H3;1-2H. The number of halogens is 2. The van der Waals surface area contributed by atoms with Crippen LogP contribution in [0.2, 0.25) is 10.0 Å². The molecule has 0 aliphatic heterocycles. The van der Waals surface area contributed by atoms with E-state index in [1.165, 1.54) is 0 Å². The van der Waals surface area contributed by atoms with Crippen molar-refractivity contribution in [3.8, 4) is 18.7 Å². The molecule has 0 spiro atoms. The van der Waals surface area contributed by atoms with Crippen LogP contribution in [0.3, 0.4) is 0 Å². The number of nitrogens with one attached hydrogen (secondary N) is 3. The highest BCUT2D eigenvalue weighted by Gasteiger charge is 2.09. The van der Waals surface area contributed by atoms with Crippen LogP contribution < -0.4 is 16.0 Å². The third kappa shape index (κ3) is 14.2. The topological polar surface area (TPSA) is 96.8 Å². The van der Waals surface area contributed by atoms with Crippen molar-refractivity contribution >= 4 is 40.9 Å². The van der Waals surface area contributed by atoms with E-state index in [0.29, 0.717) is 40.7 Å². The third-order valence-corrected chi connectivity index (χ3v) is 5.14. The highest BCUT2D eigenvalue weighted by Crippen LogP contribution is 2.16. The Morgan fingerprint density at radius 3 is 2.20 bits per heavy atom. The Balaban J connectivity index is 0.000000950. The van der Waals surface area contributed by atoms with Gasteiger partial charge in [0.1, 0.15) is 18.0 Å². The highest BCUT2D eigenvalue weighted by atomic mass is 35.5. The van der Waals surface area contributed by atoms with Gasteiger partial charge < -0.3 is 16.0 Å². The van der Waals surface area contributed by atoms with Gasteiger partial charge in [-0.3, -0.25) is 9.36 Å². The van der Waals surface area contributed by atoms with Crippen LogP contribution in [0.25, 0.3) is 5.82 Å². The van der Waals surface area contributed by atoms with E-state index < -0.39 is 0 Å². The molecule has 2 heterocycles. The summed E-state index contributed by atoms with van der Waals surface area (Å²) in [5.41, 5.74) is 1.96. The molecule has 3 N–H and O–H groups in total. The second-order valence-electron chi connectivity index (χ2n) is 8.88. The maximum absolute atomic E-state index is 12.3. The summed E-state index contributed by atoms with van der Waals surface area (Å²) in [6, 6.07) is 16.6. The van der Waals surface area contributed by atoms with Gasteiger partial charge in [0, 0.05) is 41.6 Å². The second kappa shape index (κ2) is 19.9. The first-order chi connectivity index (χ1) is 19.8. The van der Waals surface area contributed by atoms with E-state index in [2.05, 4.69) is 64.5 Å². The number of imidazole rings is 1.